The molecule has 0 unspecified atom stereocenters. The van der Waals surface area contributed by atoms with E-state index in [0.29, 0.717) is 24.2 Å². The van der Waals surface area contributed by atoms with Gasteiger partial charge in [-0.3, -0.25) is 15.0 Å². The van der Waals surface area contributed by atoms with Crippen molar-refractivity contribution in [3.05, 3.63) is 34.9 Å². The summed E-state index contributed by atoms with van der Waals surface area (Å²) in [6.07, 6.45) is 6.44. The molecule has 1 aliphatic rings. The average molecular weight is 498 g/mol. The molecule has 0 bridgehead atoms. The number of hydrogen-bond acceptors (Lipinski definition) is 6. The molecular formula is C20H24BrN3O3S2. The van der Waals surface area contributed by atoms with E-state index >= 15 is 0 Å². The average Bonchev–Trinajstić information content (AvgIpc) is 3.36. The molecule has 1 aliphatic carbocycles. The van der Waals surface area contributed by atoms with Gasteiger partial charge in [-0.05, 0) is 43.9 Å². The van der Waals surface area contributed by atoms with Crippen molar-refractivity contribution < 1.29 is 14.3 Å². The molecule has 2 amide bonds. The number of rotatable bonds is 8. The van der Waals surface area contributed by atoms with Gasteiger partial charge in [0.2, 0.25) is 0 Å². The van der Waals surface area contributed by atoms with E-state index in [9.17, 15) is 9.59 Å². The largest absolute Gasteiger partial charge is 0.465 e. The Balaban J connectivity index is 1.65. The summed E-state index contributed by atoms with van der Waals surface area (Å²) >= 11 is 6.21. The van der Waals surface area contributed by atoms with Crippen LogP contribution in [0, 0.1) is 5.92 Å². The standard InChI is InChI=1S/C20H24BrN3O3S2/c1-2-27-17(25)13-28-18-11-22-19(29-18)23-20(26)24(12-14-6-3-4-7-14)16-9-5-8-15(21)10-16/h5,8-11,14H,2-4,6-7,12-13H2,1H3,(H,22,23,26). The molecule has 0 spiro atoms. The molecule has 156 valence electrons. The van der Waals surface area contributed by atoms with E-state index in [1.165, 1.54) is 35.9 Å². The maximum atomic E-state index is 13.1. The van der Waals surface area contributed by atoms with Crippen LogP contribution in [0.15, 0.2) is 39.1 Å². The SMILES string of the molecule is CCOC(=O)CSc1cnc(NC(=O)N(CC2CCCC2)c2cccc(Br)c2)s1. The summed E-state index contributed by atoms with van der Waals surface area (Å²) in [7, 11) is 0. The van der Waals surface area contributed by atoms with Crippen LogP contribution in [0.1, 0.15) is 32.6 Å². The number of nitrogens with zero attached hydrogens (tertiary/aromatic N) is 2. The van der Waals surface area contributed by atoms with Gasteiger partial charge < -0.3 is 4.74 Å². The number of nitrogens with one attached hydrogen (secondary N) is 1. The topological polar surface area (TPSA) is 71.5 Å². The lowest BCUT2D eigenvalue weighted by molar-refractivity contribution is -0.139. The second kappa shape index (κ2) is 11.0. The molecule has 1 saturated carbocycles. The Bertz CT molecular complexity index is 840. The number of urea groups is 1. The number of halogens is 1. The van der Waals surface area contributed by atoms with Crippen molar-refractivity contribution in [1.82, 2.24) is 4.98 Å². The molecule has 29 heavy (non-hydrogen) atoms. The number of thioether (sulfide) groups is 1. The highest BCUT2D eigenvalue weighted by molar-refractivity contribution is 9.10. The zero-order chi connectivity index (χ0) is 20.6. The number of amides is 2. The first-order valence-corrected chi connectivity index (χ1v) is 12.2. The lowest BCUT2D eigenvalue weighted by Gasteiger charge is -2.26. The van der Waals surface area contributed by atoms with Crippen LogP contribution in [0.2, 0.25) is 0 Å². The third-order valence-electron chi connectivity index (χ3n) is 4.62. The van der Waals surface area contributed by atoms with E-state index in [1.807, 2.05) is 24.3 Å². The van der Waals surface area contributed by atoms with Crippen LogP contribution < -0.4 is 10.2 Å². The Morgan fingerprint density at radius 3 is 2.90 bits per heavy atom. The molecule has 1 aromatic carbocycles. The molecule has 9 heteroatoms. The Morgan fingerprint density at radius 1 is 1.38 bits per heavy atom. The van der Waals surface area contributed by atoms with Crippen molar-refractivity contribution in [3.8, 4) is 0 Å². The normalized spacial score (nSPS) is 14.0. The van der Waals surface area contributed by atoms with Crippen LogP contribution in [0.5, 0.6) is 0 Å². The summed E-state index contributed by atoms with van der Waals surface area (Å²) < 4.78 is 6.73. The lowest BCUT2D eigenvalue weighted by Crippen LogP contribution is -2.38. The van der Waals surface area contributed by atoms with Crippen LogP contribution >= 0.6 is 39.0 Å². The van der Waals surface area contributed by atoms with Gasteiger partial charge in [0, 0.05) is 16.7 Å². The lowest BCUT2D eigenvalue weighted by atomic mass is 10.1. The summed E-state index contributed by atoms with van der Waals surface area (Å²) in [5, 5.41) is 3.44. The maximum absolute atomic E-state index is 13.1. The van der Waals surface area contributed by atoms with Gasteiger partial charge in [0.1, 0.15) is 0 Å². The predicted octanol–water partition coefficient (Wildman–Crippen LogP) is 5.79. The highest BCUT2D eigenvalue weighted by Crippen LogP contribution is 2.31. The minimum Gasteiger partial charge on any atom is -0.465 e. The van der Waals surface area contributed by atoms with Crippen LogP contribution in [-0.2, 0) is 9.53 Å². The number of esters is 1. The van der Waals surface area contributed by atoms with Gasteiger partial charge in [0.25, 0.3) is 0 Å². The van der Waals surface area contributed by atoms with E-state index in [2.05, 4.69) is 26.2 Å². The third-order valence-corrected chi connectivity index (χ3v) is 7.19. The monoisotopic (exact) mass is 497 g/mol. The fourth-order valence-corrected chi connectivity index (χ4v) is 5.32. The van der Waals surface area contributed by atoms with Crippen LogP contribution in [0.3, 0.4) is 0 Å². The number of anilines is 2. The van der Waals surface area contributed by atoms with Crippen molar-refractivity contribution >= 4 is 61.8 Å². The highest BCUT2D eigenvalue weighted by Gasteiger charge is 2.24. The minimum atomic E-state index is -0.256. The fourth-order valence-electron chi connectivity index (χ4n) is 3.28. The molecular weight excluding hydrogens is 474 g/mol. The minimum absolute atomic E-state index is 0.189. The Morgan fingerprint density at radius 2 is 2.17 bits per heavy atom. The van der Waals surface area contributed by atoms with E-state index in [1.54, 1.807) is 18.0 Å². The molecule has 2 aromatic rings. The van der Waals surface area contributed by atoms with E-state index in [0.717, 1.165) is 27.2 Å². The Labute approximate surface area is 187 Å². The van der Waals surface area contributed by atoms with Gasteiger partial charge in [0.15, 0.2) is 5.13 Å². The van der Waals surface area contributed by atoms with Gasteiger partial charge >= 0.3 is 12.0 Å². The van der Waals surface area contributed by atoms with Gasteiger partial charge in [0.05, 0.1) is 22.8 Å². The molecule has 0 aliphatic heterocycles. The summed E-state index contributed by atoms with van der Waals surface area (Å²) in [6, 6.07) is 7.59. The number of benzene rings is 1. The molecule has 1 aromatic heterocycles. The van der Waals surface area contributed by atoms with Crippen molar-refractivity contribution in [2.75, 3.05) is 29.1 Å². The van der Waals surface area contributed by atoms with Crippen molar-refractivity contribution in [2.45, 2.75) is 36.8 Å². The van der Waals surface area contributed by atoms with Crippen molar-refractivity contribution in [2.24, 2.45) is 5.92 Å². The van der Waals surface area contributed by atoms with Crippen LogP contribution in [0.4, 0.5) is 15.6 Å². The zero-order valence-corrected chi connectivity index (χ0v) is 19.4. The number of thiazole rings is 1. The van der Waals surface area contributed by atoms with Crippen LogP contribution in [0.25, 0.3) is 0 Å². The first kappa shape index (κ1) is 22.1. The fraction of sp³-hybridized carbons (Fsp3) is 0.450. The number of ether oxygens (including phenoxy) is 1. The number of aromatic nitrogens is 1. The highest BCUT2D eigenvalue weighted by atomic mass is 79.9. The Kier molecular flexibility index (Phi) is 8.38. The smallest absolute Gasteiger partial charge is 0.328 e. The summed E-state index contributed by atoms with van der Waals surface area (Å²) in [4.78, 5) is 30.6. The van der Waals surface area contributed by atoms with Gasteiger partial charge in [-0.25, -0.2) is 9.78 Å². The molecule has 1 N–H and O–H groups in total. The van der Waals surface area contributed by atoms with Crippen molar-refractivity contribution in [3.63, 3.8) is 0 Å². The van der Waals surface area contributed by atoms with E-state index in [4.69, 9.17) is 4.74 Å². The maximum Gasteiger partial charge on any atom is 0.328 e. The summed E-state index contributed by atoms with van der Waals surface area (Å²) in [5.41, 5.74) is 0.859. The van der Waals surface area contributed by atoms with E-state index in [-0.39, 0.29) is 17.8 Å². The first-order valence-electron chi connectivity index (χ1n) is 9.63. The molecule has 0 radical (unpaired) electrons. The number of hydrogen-bond donors (Lipinski definition) is 1. The first-order chi connectivity index (χ1) is 14.0. The molecule has 0 saturated heterocycles. The quantitative estimate of drug-likeness (QED) is 0.369. The van der Waals surface area contributed by atoms with Gasteiger partial charge in [-0.15, -0.1) is 11.8 Å². The van der Waals surface area contributed by atoms with Gasteiger partial charge in [-0.1, -0.05) is 46.2 Å². The molecule has 3 rings (SSSR count). The molecule has 1 heterocycles. The Hall–Kier alpha value is -1.58. The van der Waals surface area contributed by atoms with Crippen molar-refractivity contribution in [1.29, 1.82) is 0 Å². The van der Waals surface area contributed by atoms with Gasteiger partial charge in [-0.2, -0.15) is 0 Å². The molecule has 0 atom stereocenters. The molecule has 1 fully saturated rings. The second-order valence-electron chi connectivity index (χ2n) is 6.75. The molecule has 6 nitrogen and oxygen atoms in total. The summed E-state index contributed by atoms with van der Waals surface area (Å²) in [6.45, 7) is 2.85. The predicted molar refractivity (Wildman–Crippen MR) is 122 cm³/mol. The number of carbonyl (C=O) groups is 2. The van der Waals surface area contributed by atoms with Crippen LogP contribution in [-0.4, -0.2) is 35.9 Å². The number of carbonyl (C=O) groups excluding carboxylic acids is 2. The third kappa shape index (κ3) is 6.72. The summed E-state index contributed by atoms with van der Waals surface area (Å²) in [5.74, 6) is 0.496. The zero-order valence-electron chi connectivity index (χ0n) is 16.2. The van der Waals surface area contributed by atoms with E-state index < -0.39 is 0 Å². The second-order valence-corrected chi connectivity index (χ2v) is 9.97.